The predicted molar refractivity (Wildman–Crippen MR) is 132 cm³/mol. The molecule has 0 N–H and O–H groups in total. The molecule has 0 radical (unpaired) electrons. The van der Waals surface area contributed by atoms with E-state index in [2.05, 4.69) is 46.4 Å². The van der Waals surface area contributed by atoms with Crippen LogP contribution in [0.15, 0.2) is 66.9 Å². The molecule has 0 amide bonds. The second-order valence-electron chi connectivity index (χ2n) is 8.54. The highest BCUT2D eigenvalue weighted by atomic mass is 16.7. The summed E-state index contributed by atoms with van der Waals surface area (Å²) in [4.78, 5) is 10.9. The van der Waals surface area contributed by atoms with Gasteiger partial charge in [0.15, 0.2) is 5.75 Å². The molecule has 5 heteroatoms. The van der Waals surface area contributed by atoms with Crippen LogP contribution < -0.4 is 14.5 Å². The van der Waals surface area contributed by atoms with Crippen molar-refractivity contribution in [2.24, 2.45) is 0 Å². The molecule has 5 nitrogen and oxygen atoms in total. The molecule has 1 saturated carbocycles. The van der Waals surface area contributed by atoms with Gasteiger partial charge in [-0.05, 0) is 74.8 Å². The zero-order valence-corrected chi connectivity index (χ0v) is 19.9. The Morgan fingerprint density at radius 1 is 0.939 bits per heavy atom. The van der Waals surface area contributed by atoms with Crippen molar-refractivity contribution in [1.82, 2.24) is 4.98 Å². The molecular weight excluding hydrogens is 412 g/mol. The highest BCUT2D eigenvalue weighted by Gasteiger charge is 2.30. The summed E-state index contributed by atoms with van der Waals surface area (Å²) in [5, 5.41) is 2.08. The van der Waals surface area contributed by atoms with Crippen LogP contribution in [0.25, 0.3) is 0 Å². The highest BCUT2D eigenvalue weighted by Crippen LogP contribution is 2.40. The lowest BCUT2D eigenvalue weighted by atomic mass is 9.81. The number of nitrogens with zero attached hydrogens (tertiary/aromatic N) is 2. The minimum Gasteiger partial charge on any atom is -0.494 e. The van der Waals surface area contributed by atoms with Crippen LogP contribution in [0.2, 0.25) is 0 Å². The number of rotatable bonds is 9. The van der Waals surface area contributed by atoms with Gasteiger partial charge in [-0.2, -0.15) is 0 Å². The Kier molecular flexibility index (Phi) is 7.84. The average Bonchev–Trinajstić information content (AvgIpc) is 2.86. The maximum absolute atomic E-state index is 6.44. The van der Waals surface area contributed by atoms with Crippen molar-refractivity contribution in [3.63, 3.8) is 0 Å². The number of ether oxygens (including phenoxy) is 2. The third kappa shape index (κ3) is 5.66. The van der Waals surface area contributed by atoms with Gasteiger partial charge in [0.25, 0.3) is 0 Å². The maximum atomic E-state index is 6.44. The Hall–Kier alpha value is -3.05. The monoisotopic (exact) mass is 446 g/mol. The Bertz CT molecular complexity index is 999. The second-order valence-corrected chi connectivity index (χ2v) is 8.54. The summed E-state index contributed by atoms with van der Waals surface area (Å²) in [5.41, 5.74) is 4.36. The molecule has 0 unspecified atom stereocenters. The lowest BCUT2D eigenvalue weighted by Gasteiger charge is -2.38. The summed E-state index contributed by atoms with van der Waals surface area (Å²) >= 11 is 0. The fourth-order valence-corrected chi connectivity index (χ4v) is 4.70. The van der Waals surface area contributed by atoms with E-state index < -0.39 is 0 Å². The first-order valence-electron chi connectivity index (χ1n) is 11.9. The SMILES string of the molecule is CCOc1ccc([C@H]2CC[C@@H](N(OCc3ccccc3)c3ccnc(C)c3OC)CC2)cc1. The van der Waals surface area contributed by atoms with E-state index in [1.165, 1.54) is 5.56 Å². The first-order chi connectivity index (χ1) is 16.2. The second kappa shape index (κ2) is 11.2. The van der Waals surface area contributed by atoms with Gasteiger partial charge in [-0.3, -0.25) is 9.82 Å². The zero-order chi connectivity index (χ0) is 23.0. The number of benzene rings is 2. The smallest absolute Gasteiger partial charge is 0.165 e. The summed E-state index contributed by atoms with van der Waals surface area (Å²) in [6.07, 6.45) is 6.18. The molecule has 0 atom stereocenters. The van der Waals surface area contributed by atoms with Gasteiger partial charge in [0.1, 0.15) is 11.4 Å². The minimum atomic E-state index is 0.281. The number of hydrogen-bond acceptors (Lipinski definition) is 5. The van der Waals surface area contributed by atoms with E-state index in [0.717, 1.165) is 54.1 Å². The lowest BCUT2D eigenvalue weighted by molar-refractivity contribution is 0.0613. The first kappa shape index (κ1) is 23.1. The van der Waals surface area contributed by atoms with Crippen molar-refractivity contribution < 1.29 is 14.3 Å². The highest BCUT2D eigenvalue weighted by molar-refractivity contribution is 5.59. The van der Waals surface area contributed by atoms with Crippen molar-refractivity contribution in [3.05, 3.63) is 83.7 Å². The van der Waals surface area contributed by atoms with Crippen LogP contribution in [0.4, 0.5) is 5.69 Å². The van der Waals surface area contributed by atoms with E-state index in [1.54, 1.807) is 7.11 Å². The third-order valence-corrected chi connectivity index (χ3v) is 6.41. The maximum Gasteiger partial charge on any atom is 0.165 e. The predicted octanol–water partition coefficient (Wildman–Crippen LogP) is 6.46. The average molecular weight is 447 g/mol. The van der Waals surface area contributed by atoms with Gasteiger partial charge in [0, 0.05) is 6.20 Å². The van der Waals surface area contributed by atoms with Crippen LogP contribution in [0, 0.1) is 6.92 Å². The molecule has 1 aliphatic carbocycles. The fraction of sp³-hybridized carbons (Fsp3) is 0.393. The molecule has 1 aromatic heterocycles. The molecule has 0 bridgehead atoms. The number of hydrogen-bond donors (Lipinski definition) is 0. The molecule has 0 spiro atoms. The van der Waals surface area contributed by atoms with Crippen LogP contribution in [-0.2, 0) is 11.4 Å². The van der Waals surface area contributed by atoms with Crippen LogP contribution in [0.5, 0.6) is 11.5 Å². The van der Waals surface area contributed by atoms with Gasteiger partial charge < -0.3 is 9.47 Å². The molecule has 1 aliphatic rings. The number of aryl methyl sites for hydroxylation is 1. The standard InChI is InChI=1S/C28H34N2O3/c1-4-32-26-16-12-24(13-17-26)23-10-14-25(15-11-23)30(33-20-22-8-6-5-7-9-22)27-18-19-29-21(2)28(27)31-3/h5-9,12-13,16-19,23,25H,4,10-11,14-15,20H2,1-3H3/t23-,25+. The minimum absolute atomic E-state index is 0.281. The summed E-state index contributed by atoms with van der Waals surface area (Å²) < 4.78 is 11.3. The lowest BCUT2D eigenvalue weighted by Crippen LogP contribution is -2.38. The van der Waals surface area contributed by atoms with E-state index in [4.69, 9.17) is 14.3 Å². The number of pyridine rings is 1. The molecule has 174 valence electrons. The summed E-state index contributed by atoms with van der Waals surface area (Å²) in [7, 11) is 1.70. The van der Waals surface area contributed by atoms with E-state index in [9.17, 15) is 0 Å². The van der Waals surface area contributed by atoms with Crippen molar-refractivity contribution in [3.8, 4) is 11.5 Å². The van der Waals surface area contributed by atoms with Crippen molar-refractivity contribution in [2.75, 3.05) is 18.8 Å². The number of methoxy groups -OCH3 is 1. The number of anilines is 1. The largest absolute Gasteiger partial charge is 0.494 e. The fourth-order valence-electron chi connectivity index (χ4n) is 4.70. The molecule has 33 heavy (non-hydrogen) atoms. The number of hydroxylamine groups is 1. The third-order valence-electron chi connectivity index (χ3n) is 6.41. The summed E-state index contributed by atoms with van der Waals surface area (Å²) in [6, 6.07) is 21.2. The Balaban J connectivity index is 1.49. The summed E-state index contributed by atoms with van der Waals surface area (Å²) in [5.74, 6) is 2.28. The van der Waals surface area contributed by atoms with Crippen LogP contribution in [-0.4, -0.2) is 24.7 Å². The topological polar surface area (TPSA) is 43.8 Å². The Morgan fingerprint density at radius 3 is 2.33 bits per heavy atom. The van der Waals surface area contributed by atoms with Crippen molar-refractivity contribution >= 4 is 5.69 Å². The number of aromatic nitrogens is 1. The van der Waals surface area contributed by atoms with E-state index in [-0.39, 0.29) is 6.04 Å². The zero-order valence-electron chi connectivity index (χ0n) is 19.9. The molecule has 1 heterocycles. The van der Waals surface area contributed by atoms with Crippen molar-refractivity contribution in [1.29, 1.82) is 0 Å². The van der Waals surface area contributed by atoms with Gasteiger partial charge in [-0.1, -0.05) is 42.5 Å². The van der Waals surface area contributed by atoms with Gasteiger partial charge in [-0.25, -0.2) is 5.06 Å². The van der Waals surface area contributed by atoms with Crippen molar-refractivity contribution in [2.45, 2.75) is 58.1 Å². The normalized spacial score (nSPS) is 18.0. The molecule has 3 aromatic rings. The molecule has 0 aliphatic heterocycles. The van der Waals surface area contributed by atoms with Gasteiger partial charge in [-0.15, -0.1) is 0 Å². The molecule has 4 rings (SSSR count). The van der Waals surface area contributed by atoms with E-state index in [0.29, 0.717) is 19.1 Å². The van der Waals surface area contributed by atoms with E-state index in [1.807, 2.05) is 44.3 Å². The van der Waals surface area contributed by atoms with Crippen LogP contribution in [0.3, 0.4) is 0 Å². The van der Waals surface area contributed by atoms with E-state index >= 15 is 0 Å². The molecule has 2 aromatic carbocycles. The first-order valence-corrected chi connectivity index (χ1v) is 11.9. The van der Waals surface area contributed by atoms with Gasteiger partial charge in [0.2, 0.25) is 0 Å². The molecule has 1 fully saturated rings. The van der Waals surface area contributed by atoms with Gasteiger partial charge >= 0.3 is 0 Å². The van der Waals surface area contributed by atoms with Crippen LogP contribution in [0.1, 0.15) is 55.3 Å². The summed E-state index contributed by atoms with van der Waals surface area (Å²) in [6.45, 7) is 5.20. The van der Waals surface area contributed by atoms with Crippen LogP contribution >= 0.6 is 0 Å². The van der Waals surface area contributed by atoms with Gasteiger partial charge in [0.05, 0.1) is 32.1 Å². The quantitative estimate of drug-likeness (QED) is 0.353. The Morgan fingerprint density at radius 2 is 1.67 bits per heavy atom. The molecule has 0 saturated heterocycles. The Labute approximate surface area is 197 Å². The molecular formula is C28H34N2O3.